The molecular formula is C13H20O. The molecule has 0 atom stereocenters. The summed E-state index contributed by atoms with van der Waals surface area (Å²) in [7, 11) is 0. The molecule has 0 amide bonds. The van der Waals surface area contributed by atoms with Crippen LogP contribution in [-0.2, 0) is 4.79 Å². The first-order valence-corrected chi connectivity index (χ1v) is 5.46. The smallest absolute Gasteiger partial charge is 0.120 e. The lowest BCUT2D eigenvalue weighted by Crippen LogP contribution is -2.12. The van der Waals surface area contributed by atoms with Crippen molar-refractivity contribution in [3.63, 3.8) is 0 Å². The molecule has 0 N–H and O–H groups in total. The minimum Gasteiger partial charge on any atom is -0.303 e. The molecule has 0 saturated carbocycles. The Labute approximate surface area is 86.9 Å². The van der Waals surface area contributed by atoms with Gasteiger partial charge in [0.25, 0.3) is 0 Å². The summed E-state index contributed by atoms with van der Waals surface area (Å²) in [6.07, 6.45) is 12.9. The van der Waals surface area contributed by atoms with Crippen LogP contribution in [0.3, 0.4) is 0 Å². The van der Waals surface area contributed by atoms with Crippen LogP contribution in [0.4, 0.5) is 0 Å². The van der Waals surface area contributed by atoms with Crippen molar-refractivity contribution in [3.8, 4) is 0 Å². The maximum atomic E-state index is 10.1. The van der Waals surface area contributed by atoms with Crippen molar-refractivity contribution in [2.75, 3.05) is 0 Å². The third kappa shape index (κ3) is 3.91. The van der Waals surface area contributed by atoms with E-state index in [1.54, 1.807) is 0 Å². The minimum absolute atomic E-state index is 0.364. The fraction of sp³-hybridized carbons (Fsp3) is 0.615. The Kier molecular flexibility index (Phi) is 4.12. The molecule has 0 spiro atoms. The van der Waals surface area contributed by atoms with E-state index < -0.39 is 0 Å². The van der Waals surface area contributed by atoms with Gasteiger partial charge in [-0.2, -0.15) is 0 Å². The largest absolute Gasteiger partial charge is 0.303 e. The van der Waals surface area contributed by atoms with E-state index in [1.807, 2.05) is 0 Å². The first kappa shape index (κ1) is 11.2. The zero-order chi connectivity index (χ0) is 10.4. The molecule has 78 valence electrons. The third-order valence-electron chi connectivity index (χ3n) is 2.65. The average molecular weight is 192 g/mol. The highest BCUT2D eigenvalue weighted by molar-refractivity contribution is 5.49. The van der Waals surface area contributed by atoms with Crippen LogP contribution >= 0.6 is 0 Å². The molecule has 1 rings (SSSR count). The molecule has 0 aromatic rings. The van der Waals surface area contributed by atoms with E-state index in [2.05, 4.69) is 32.1 Å². The number of rotatable bonds is 4. The lowest BCUT2D eigenvalue weighted by molar-refractivity contribution is -0.107. The summed E-state index contributed by atoms with van der Waals surface area (Å²) in [5.41, 5.74) is 1.80. The second kappa shape index (κ2) is 5.14. The molecule has 0 aliphatic heterocycles. The van der Waals surface area contributed by atoms with Gasteiger partial charge in [-0.3, -0.25) is 0 Å². The highest BCUT2D eigenvalue weighted by Gasteiger charge is 2.18. The number of allylic oxidation sites excluding steroid dienone is 4. The van der Waals surface area contributed by atoms with Crippen LogP contribution in [0, 0.1) is 5.41 Å². The van der Waals surface area contributed by atoms with E-state index in [-0.39, 0.29) is 0 Å². The molecule has 0 saturated heterocycles. The minimum atomic E-state index is 0.364. The van der Waals surface area contributed by atoms with E-state index >= 15 is 0 Å². The van der Waals surface area contributed by atoms with Crippen LogP contribution in [0.15, 0.2) is 23.8 Å². The maximum Gasteiger partial charge on any atom is 0.120 e. The summed E-state index contributed by atoms with van der Waals surface area (Å²) in [6, 6.07) is 0. The number of hydrogen-bond acceptors (Lipinski definition) is 1. The van der Waals surface area contributed by atoms with Crippen molar-refractivity contribution in [1.29, 1.82) is 0 Å². The van der Waals surface area contributed by atoms with Gasteiger partial charge in [-0.1, -0.05) is 37.6 Å². The van der Waals surface area contributed by atoms with Gasteiger partial charge in [0, 0.05) is 6.42 Å². The van der Waals surface area contributed by atoms with Crippen LogP contribution in [-0.4, -0.2) is 6.29 Å². The van der Waals surface area contributed by atoms with Crippen LogP contribution in [0.25, 0.3) is 0 Å². The summed E-state index contributed by atoms with van der Waals surface area (Å²) < 4.78 is 0. The quantitative estimate of drug-likeness (QED) is 0.491. The molecule has 0 radical (unpaired) electrons. The van der Waals surface area contributed by atoms with E-state index in [0.717, 1.165) is 12.7 Å². The normalized spacial score (nSPS) is 20.9. The van der Waals surface area contributed by atoms with Crippen molar-refractivity contribution < 1.29 is 4.79 Å². The van der Waals surface area contributed by atoms with E-state index in [4.69, 9.17) is 0 Å². The summed E-state index contributed by atoms with van der Waals surface area (Å²) in [4.78, 5) is 10.1. The molecular weight excluding hydrogens is 172 g/mol. The van der Waals surface area contributed by atoms with Gasteiger partial charge in [-0.25, -0.2) is 0 Å². The van der Waals surface area contributed by atoms with Gasteiger partial charge in [-0.05, 0) is 31.1 Å². The topological polar surface area (TPSA) is 17.1 Å². The fourth-order valence-corrected chi connectivity index (χ4v) is 1.92. The van der Waals surface area contributed by atoms with Crippen LogP contribution in [0.1, 0.15) is 46.0 Å². The molecule has 0 bridgehead atoms. The van der Waals surface area contributed by atoms with Crippen LogP contribution < -0.4 is 0 Å². The summed E-state index contributed by atoms with van der Waals surface area (Å²) in [5.74, 6) is 0. The Morgan fingerprint density at radius 3 is 2.86 bits per heavy atom. The standard InChI is InChI=1S/C13H20O/c1-13(2)9-6-8-12(11-13)7-4-3-5-10-14/h4,7,10-11H,3,5-6,8-9H2,1-2H3. The van der Waals surface area contributed by atoms with E-state index in [9.17, 15) is 4.79 Å². The molecule has 0 unspecified atom stereocenters. The lowest BCUT2D eigenvalue weighted by Gasteiger charge is -2.26. The van der Waals surface area contributed by atoms with Crippen molar-refractivity contribution in [2.24, 2.45) is 5.41 Å². The van der Waals surface area contributed by atoms with Crippen molar-refractivity contribution in [3.05, 3.63) is 23.8 Å². The number of hydrogen-bond donors (Lipinski definition) is 0. The Hall–Kier alpha value is -0.850. The lowest BCUT2D eigenvalue weighted by atomic mass is 9.79. The number of carbonyl (C=O) groups is 1. The van der Waals surface area contributed by atoms with Crippen LogP contribution in [0.2, 0.25) is 0 Å². The number of carbonyl (C=O) groups excluding carboxylic acids is 1. The Balaban J connectivity index is 2.47. The van der Waals surface area contributed by atoms with Gasteiger partial charge >= 0.3 is 0 Å². The molecule has 1 aliphatic carbocycles. The van der Waals surface area contributed by atoms with Gasteiger partial charge < -0.3 is 4.79 Å². The first-order valence-electron chi connectivity index (χ1n) is 5.46. The zero-order valence-electron chi connectivity index (χ0n) is 9.25. The molecule has 1 aliphatic rings. The SMILES string of the molecule is CC1(C)C=C(C=CCCC=O)CCC1. The Morgan fingerprint density at radius 1 is 1.43 bits per heavy atom. The molecule has 0 fully saturated rings. The molecule has 0 aromatic carbocycles. The van der Waals surface area contributed by atoms with Gasteiger partial charge in [-0.15, -0.1) is 0 Å². The molecule has 1 nitrogen and oxygen atoms in total. The van der Waals surface area contributed by atoms with Crippen molar-refractivity contribution in [2.45, 2.75) is 46.0 Å². The monoisotopic (exact) mass is 192 g/mol. The second-order valence-electron chi connectivity index (χ2n) is 4.71. The van der Waals surface area contributed by atoms with Crippen molar-refractivity contribution >= 4 is 6.29 Å². The van der Waals surface area contributed by atoms with Gasteiger partial charge in [0.05, 0.1) is 0 Å². The molecule has 1 heteroatoms. The maximum absolute atomic E-state index is 10.1. The van der Waals surface area contributed by atoms with E-state index in [1.165, 1.54) is 24.8 Å². The second-order valence-corrected chi connectivity index (χ2v) is 4.71. The average Bonchev–Trinajstić information content (AvgIpc) is 2.11. The third-order valence-corrected chi connectivity index (χ3v) is 2.65. The highest BCUT2D eigenvalue weighted by atomic mass is 16.1. The van der Waals surface area contributed by atoms with Crippen molar-refractivity contribution in [1.82, 2.24) is 0 Å². The predicted octanol–water partition coefficient (Wildman–Crippen LogP) is 3.66. The summed E-state index contributed by atoms with van der Waals surface area (Å²) >= 11 is 0. The predicted molar refractivity (Wildman–Crippen MR) is 60.2 cm³/mol. The highest BCUT2D eigenvalue weighted by Crippen LogP contribution is 2.33. The first-order chi connectivity index (χ1) is 6.64. The summed E-state index contributed by atoms with van der Waals surface area (Å²) in [5, 5.41) is 0. The zero-order valence-corrected chi connectivity index (χ0v) is 9.25. The molecule has 14 heavy (non-hydrogen) atoms. The molecule has 0 aromatic heterocycles. The van der Waals surface area contributed by atoms with Crippen LogP contribution in [0.5, 0.6) is 0 Å². The van der Waals surface area contributed by atoms with Gasteiger partial charge in [0.1, 0.15) is 6.29 Å². The fourth-order valence-electron chi connectivity index (χ4n) is 1.92. The number of aldehydes is 1. The summed E-state index contributed by atoms with van der Waals surface area (Å²) in [6.45, 7) is 4.57. The van der Waals surface area contributed by atoms with Gasteiger partial charge in [0.15, 0.2) is 0 Å². The Bertz CT molecular complexity index is 246. The molecule has 0 heterocycles. The Morgan fingerprint density at radius 2 is 2.21 bits per heavy atom. The number of unbranched alkanes of at least 4 members (excludes halogenated alkanes) is 1. The van der Waals surface area contributed by atoms with E-state index in [0.29, 0.717) is 11.8 Å². The van der Waals surface area contributed by atoms with Gasteiger partial charge in [0.2, 0.25) is 0 Å².